The molecule has 4 N–H and O–H groups in total. The summed E-state index contributed by atoms with van der Waals surface area (Å²) >= 11 is 0. The zero-order valence-corrected chi connectivity index (χ0v) is 23.2. The van der Waals surface area contributed by atoms with Crippen molar-refractivity contribution in [2.75, 3.05) is 19.8 Å². The fraction of sp³-hybridized carbons (Fsp3) is 0.200. The molecule has 9 nitrogen and oxygen atoms in total. The van der Waals surface area contributed by atoms with E-state index in [1.54, 1.807) is 32.3 Å². The first-order valence-corrected chi connectivity index (χ1v) is 12.6. The van der Waals surface area contributed by atoms with Crippen LogP contribution in [0.25, 0.3) is 33.9 Å². The summed E-state index contributed by atoms with van der Waals surface area (Å²) in [5.41, 5.74) is 12.1. The lowest BCUT2D eigenvalue weighted by Crippen LogP contribution is -2.21. The number of anilines is 1. The predicted octanol–water partition coefficient (Wildman–Crippen LogP) is 6.04. The maximum absolute atomic E-state index is 12.7. The van der Waals surface area contributed by atoms with Gasteiger partial charge in [-0.3, -0.25) is 9.36 Å². The van der Waals surface area contributed by atoms with Crippen LogP contribution in [-0.2, 0) is 4.79 Å². The number of amides is 1. The molecular formula is C30H29F3N4O5. The number of hydrogen-bond acceptors (Lipinski definition) is 5. The molecule has 0 aliphatic heterocycles. The van der Waals surface area contributed by atoms with Gasteiger partial charge >= 0.3 is 18.1 Å². The van der Waals surface area contributed by atoms with Crippen molar-refractivity contribution in [2.24, 2.45) is 0 Å². The summed E-state index contributed by atoms with van der Waals surface area (Å²) in [6.07, 6.45) is -0.285. The number of aryl methyl sites for hydroxylation is 1. The lowest BCUT2D eigenvalue weighted by molar-refractivity contribution is -0.192. The number of carbonyl (C=O) groups is 3. The number of aromatic nitrogens is 2. The van der Waals surface area contributed by atoms with Crippen molar-refractivity contribution >= 4 is 40.6 Å². The van der Waals surface area contributed by atoms with E-state index in [0.717, 1.165) is 28.8 Å². The van der Waals surface area contributed by atoms with E-state index in [1.807, 2.05) is 67.0 Å². The van der Waals surface area contributed by atoms with E-state index in [2.05, 4.69) is 0 Å². The molecule has 0 saturated heterocycles. The Balaban J connectivity index is 0.000000616. The van der Waals surface area contributed by atoms with Gasteiger partial charge in [0, 0.05) is 25.3 Å². The van der Waals surface area contributed by atoms with Gasteiger partial charge in [-0.05, 0) is 66.4 Å². The van der Waals surface area contributed by atoms with Gasteiger partial charge in [-0.15, -0.1) is 0 Å². The van der Waals surface area contributed by atoms with Crippen LogP contribution in [0.4, 0.5) is 18.9 Å². The van der Waals surface area contributed by atoms with Crippen LogP contribution in [-0.4, -0.2) is 62.8 Å². The Morgan fingerprint density at radius 3 is 2.21 bits per heavy atom. The highest BCUT2D eigenvalue weighted by molar-refractivity contribution is 6.02. The second-order valence-electron chi connectivity index (χ2n) is 9.40. The Morgan fingerprint density at radius 1 is 1.02 bits per heavy atom. The minimum Gasteiger partial charge on any atom is -0.478 e. The molecule has 0 aliphatic rings. The molecule has 0 aliphatic carbocycles. The largest absolute Gasteiger partial charge is 0.490 e. The maximum Gasteiger partial charge on any atom is 0.490 e. The summed E-state index contributed by atoms with van der Waals surface area (Å²) in [5.74, 6) is -3.17. The Kier molecular flexibility index (Phi) is 9.41. The zero-order valence-electron chi connectivity index (χ0n) is 23.2. The Bertz CT molecular complexity index is 1690. The number of nitrogen functional groups attached to an aromatic ring is 1. The van der Waals surface area contributed by atoms with Gasteiger partial charge in [-0.25, -0.2) is 14.6 Å². The summed E-state index contributed by atoms with van der Waals surface area (Å²) in [6.45, 7) is 4.00. The first kappa shape index (κ1) is 31.4. The summed E-state index contributed by atoms with van der Waals surface area (Å²) in [4.78, 5) is 39.6. The number of carboxylic acids is 2. The van der Waals surface area contributed by atoms with Gasteiger partial charge in [0.1, 0.15) is 11.3 Å². The van der Waals surface area contributed by atoms with E-state index in [4.69, 9.17) is 20.6 Å². The molecule has 0 spiro atoms. The number of hydrogen-bond donors (Lipinski definition) is 3. The van der Waals surface area contributed by atoms with Crippen molar-refractivity contribution < 1.29 is 37.8 Å². The summed E-state index contributed by atoms with van der Waals surface area (Å²) in [5, 5.41) is 16.8. The van der Waals surface area contributed by atoms with Crippen LogP contribution < -0.4 is 5.73 Å². The van der Waals surface area contributed by atoms with E-state index in [9.17, 15) is 27.9 Å². The van der Waals surface area contributed by atoms with Crippen LogP contribution in [0.1, 0.15) is 45.4 Å². The fourth-order valence-corrected chi connectivity index (χ4v) is 4.20. The normalized spacial score (nSPS) is 11.3. The molecule has 0 unspecified atom stereocenters. The van der Waals surface area contributed by atoms with Crippen molar-refractivity contribution in [3.63, 3.8) is 0 Å². The third-order valence-corrected chi connectivity index (χ3v) is 6.13. The molecule has 0 atom stereocenters. The number of alkyl halides is 3. The smallest absolute Gasteiger partial charge is 0.478 e. The van der Waals surface area contributed by atoms with Crippen molar-refractivity contribution in [2.45, 2.75) is 26.4 Å². The SMILES string of the molecule is CCC=Cc1nc2c(N)cc(C(=O)N(C)C)cc2n1-c1ccc(-c2ccccc2C(=O)O)c(C)c1.O=C(O)C(F)(F)F. The van der Waals surface area contributed by atoms with E-state index in [0.29, 0.717) is 28.2 Å². The van der Waals surface area contributed by atoms with E-state index < -0.39 is 18.1 Å². The maximum atomic E-state index is 12.7. The van der Waals surface area contributed by atoms with Gasteiger partial charge in [-0.2, -0.15) is 13.2 Å². The number of carboxylic acid groups (broad SMARTS) is 2. The number of aliphatic carboxylic acids is 1. The summed E-state index contributed by atoms with van der Waals surface area (Å²) in [6, 6.07) is 16.3. The summed E-state index contributed by atoms with van der Waals surface area (Å²) in [7, 11) is 3.40. The quantitative estimate of drug-likeness (QED) is 0.236. The number of nitrogens with two attached hydrogens (primary N) is 1. The Morgan fingerprint density at radius 2 is 1.67 bits per heavy atom. The molecule has 0 bridgehead atoms. The summed E-state index contributed by atoms with van der Waals surface area (Å²) < 4.78 is 33.7. The average molecular weight is 583 g/mol. The molecule has 4 aromatic rings. The molecule has 0 saturated carbocycles. The molecule has 0 radical (unpaired) electrons. The van der Waals surface area contributed by atoms with Gasteiger partial charge in [0.05, 0.1) is 16.8 Å². The second-order valence-corrected chi connectivity index (χ2v) is 9.40. The van der Waals surface area contributed by atoms with Crippen molar-refractivity contribution in [3.8, 4) is 16.8 Å². The van der Waals surface area contributed by atoms with Gasteiger partial charge < -0.3 is 20.8 Å². The van der Waals surface area contributed by atoms with Gasteiger partial charge in [0.15, 0.2) is 0 Å². The number of allylic oxidation sites excluding steroid dienone is 1. The molecule has 42 heavy (non-hydrogen) atoms. The molecule has 1 heterocycles. The van der Waals surface area contributed by atoms with E-state index >= 15 is 0 Å². The monoisotopic (exact) mass is 582 g/mol. The molecule has 4 rings (SSSR count). The van der Waals surface area contributed by atoms with Crippen LogP contribution in [0.5, 0.6) is 0 Å². The van der Waals surface area contributed by atoms with Crippen molar-refractivity contribution in [3.05, 3.63) is 83.2 Å². The van der Waals surface area contributed by atoms with Crippen molar-refractivity contribution in [1.29, 1.82) is 0 Å². The second kappa shape index (κ2) is 12.6. The standard InChI is InChI=1S/C28H28N4O3.C2HF3O2/c1-5-6-11-25-30-26-23(29)15-18(27(33)31(3)4)16-24(26)32(25)19-12-13-20(17(2)14-19)21-9-7-8-10-22(21)28(34)35;3-2(4,5)1(6)7/h6-16H,5,29H2,1-4H3,(H,34,35);(H,6,7). The number of aromatic carboxylic acids is 1. The molecule has 12 heteroatoms. The third-order valence-electron chi connectivity index (χ3n) is 6.13. The highest BCUT2D eigenvalue weighted by Crippen LogP contribution is 2.32. The molecule has 1 amide bonds. The van der Waals surface area contributed by atoms with Gasteiger partial charge in [0.2, 0.25) is 0 Å². The topological polar surface area (TPSA) is 139 Å². The van der Waals surface area contributed by atoms with Crippen LogP contribution in [0, 0.1) is 6.92 Å². The predicted molar refractivity (Wildman–Crippen MR) is 154 cm³/mol. The number of nitrogens with zero attached hydrogens (tertiary/aromatic N) is 3. The first-order valence-electron chi connectivity index (χ1n) is 12.6. The van der Waals surface area contributed by atoms with Crippen molar-refractivity contribution in [1.82, 2.24) is 14.5 Å². The zero-order chi connectivity index (χ0) is 31.4. The molecule has 3 aromatic carbocycles. The lowest BCUT2D eigenvalue weighted by atomic mass is 9.95. The molecular weight excluding hydrogens is 553 g/mol. The third kappa shape index (κ3) is 6.77. The number of rotatable bonds is 6. The van der Waals surface area contributed by atoms with Crippen LogP contribution in [0.15, 0.2) is 60.7 Å². The highest BCUT2D eigenvalue weighted by Gasteiger charge is 2.38. The Hall–Kier alpha value is -5.13. The van der Waals surface area contributed by atoms with Crippen LogP contribution in [0.2, 0.25) is 0 Å². The van der Waals surface area contributed by atoms with Gasteiger partial charge in [-0.1, -0.05) is 37.3 Å². The average Bonchev–Trinajstić information content (AvgIpc) is 3.30. The first-order chi connectivity index (χ1) is 19.7. The fourth-order valence-electron chi connectivity index (χ4n) is 4.20. The highest BCUT2D eigenvalue weighted by atomic mass is 19.4. The number of imidazole rings is 1. The van der Waals surface area contributed by atoms with Crippen LogP contribution >= 0.6 is 0 Å². The molecule has 220 valence electrons. The van der Waals surface area contributed by atoms with E-state index in [1.165, 1.54) is 4.90 Å². The van der Waals surface area contributed by atoms with Gasteiger partial charge in [0.25, 0.3) is 5.91 Å². The number of halogens is 3. The number of carbonyl (C=O) groups excluding carboxylic acids is 1. The molecule has 1 aromatic heterocycles. The number of fused-ring (bicyclic) bond motifs is 1. The minimum atomic E-state index is -5.08. The van der Waals surface area contributed by atoms with Crippen LogP contribution in [0.3, 0.4) is 0 Å². The minimum absolute atomic E-state index is 0.145. The molecule has 0 fully saturated rings. The number of benzene rings is 3. The Labute approximate surface area is 239 Å². The lowest BCUT2D eigenvalue weighted by Gasteiger charge is -2.14. The van der Waals surface area contributed by atoms with E-state index in [-0.39, 0.29) is 11.5 Å².